The number of hydrogen-bond donors (Lipinski definition) is 1. The summed E-state index contributed by atoms with van der Waals surface area (Å²) in [5.41, 5.74) is 0.978. The number of hydrogen-bond acceptors (Lipinski definition) is 8. The van der Waals surface area contributed by atoms with E-state index in [9.17, 15) is 4.79 Å². The number of nitrogens with zero attached hydrogens (tertiary/aromatic N) is 7. The quantitative estimate of drug-likeness (QED) is 0.629. The Hall–Kier alpha value is -2.95. The number of fused-ring (bicyclic) bond motifs is 2. The van der Waals surface area contributed by atoms with Crippen molar-refractivity contribution in [2.75, 3.05) is 37.5 Å². The van der Waals surface area contributed by atoms with Gasteiger partial charge in [-0.2, -0.15) is 4.98 Å². The van der Waals surface area contributed by atoms with E-state index in [1.165, 1.54) is 7.11 Å². The molecule has 1 saturated heterocycles. The second-order valence-electron chi connectivity index (χ2n) is 8.93. The largest absolute Gasteiger partial charge is 0.466 e. The number of carbonyl (C=O) groups excluding carboxylic acids is 1. The second-order valence-corrected chi connectivity index (χ2v) is 9.68. The minimum absolute atomic E-state index is 0.115. The van der Waals surface area contributed by atoms with Crippen LogP contribution in [0.25, 0.3) is 11.0 Å². The number of ether oxygens (including phenoxy) is 1. The van der Waals surface area contributed by atoms with Crippen LogP contribution in [0.1, 0.15) is 32.7 Å². The third-order valence-corrected chi connectivity index (χ3v) is 7.36. The van der Waals surface area contributed by atoms with Gasteiger partial charge in [-0.15, -0.1) is 4.37 Å². The Balaban J connectivity index is 1.24. The maximum Gasteiger partial charge on any atom is 0.329 e. The highest BCUT2D eigenvalue weighted by molar-refractivity contribution is 7.10. The molecule has 3 aromatic heterocycles. The maximum atomic E-state index is 12.7. The van der Waals surface area contributed by atoms with Crippen LogP contribution in [-0.2, 0) is 0 Å². The first-order valence-electron chi connectivity index (χ1n) is 10.9. The Labute approximate surface area is 190 Å². The molecule has 3 aromatic rings. The number of anilines is 2. The zero-order valence-electron chi connectivity index (χ0n) is 18.7. The van der Waals surface area contributed by atoms with Gasteiger partial charge in [0, 0.05) is 50.0 Å². The summed E-state index contributed by atoms with van der Waals surface area (Å²) in [4.78, 5) is 30.1. The summed E-state index contributed by atoms with van der Waals surface area (Å²) in [5.74, 6) is 1.98. The molecule has 1 aliphatic heterocycles. The molecule has 170 valence electrons. The van der Waals surface area contributed by atoms with Crippen LogP contribution in [0.4, 0.5) is 15.7 Å². The van der Waals surface area contributed by atoms with E-state index in [1.54, 1.807) is 6.33 Å². The Morgan fingerprint density at radius 2 is 2.03 bits per heavy atom. The number of methoxy groups -OCH3 is 1. The van der Waals surface area contributed by atoms with Gasteiger partial charge in [-0.1, -0.05) is 0 Å². The molecule has 0 spiro atoms. The number of carbonyl (C=O) groups is 1. The van der Waals surface area contributed by atoms with Gasteiger partial charge < -0.3 is 19.1 Å². The standard InChI is InChI=1S/C21H28N8O2S/c1-12(2)29-6-5-16-17(22-11-23-18(16)29)27(3)15-7-13-9-28(10-14(13)8-15)21(30)25-20-24-19(31-4)26-32-20/h5-6,11-15H,7-10H2,1-4H3,(H,24,25,26,30)/t13-,14+,15?. The fourth-order valence-corrected chi connectivity index (χ4v) is 5.62. The van der Waals surface area contributed by atoms with Crippen molar-refractivity contribution < 1.29 is 9.53 Å². The molecule has 3 atom stereocenters. The van der Waals surface area contributed by atoms with Gasteiger partial charge >= 0.3 is 12.0 Å². The lowest BCUT2D eigenvalue weighted by molar-refractivity contribution is 0.218. The van der Waals surface area contributed by atoms with Gasteiger partial charge in [-0.3, -0.25) is 5.32 Å². The average molecular weight is 457 g/mol. The molecule has 2 amide bonds. The van der Waals surface area contributed by atoms with Gasteiger partial charge in [-0.05, 0) is 44.6 Å². The van der Waals surface area contributed by atoms with E-state index in [2.05, 4.69) is 67.3 Å². The van der Waals surface area contributed by atoms with Crippen LogP contribution in [0.3, 0.4) is 0 Å². The third-order valence-electron chi connectivity index (χ3n) is 6.74. The lowest BCUT2D eigenvalue weighted by atomic mass is 10.0. The van der Waals surface area contributed by atoms with Crippen LogP contribution >= 0.6 is 11.5 Å². The fraction of sp³-hybridized carbons (Fsp3) is 0.571. The summed E-state index contributed by atoms with van der Waals surface area (Å²) in [7, 11) is 3.64. The minimum atomic E-state index is -0.115. The van der Waals surface area contributed by atoms with Crippen LogP contribution < -0.4 is 15.0 Å². The molecule has 10 nitrogen and oxygen atoms in total. The van der Waals surface area contributed by atoms with Gasteiger partial charge in [0.1, 0.15) is 17.8 Å². The van der Waals surface area contributed by atoms with E-state index >= 15 is 0 Å². The Morgan fingerprint density at radius 3 is 2.69 bits per heavy atom. The summed E-state index contributed by atoms with van der Waals surface area (Å²) in [6.07, 6.45) is 5.86. The van der Waals surface area contributed by atoms with Crippen molar-refractivity contribution in [3.8, 4) is 6.01 Å². The predicted molar refractivity (Wildman–Crippen MR) is 123 cm³/mol. The first-order chi connectivity index (χ1) is 15.4. The summed E-state index contributed by atoms with van der Waals surface area (Å²) in [5, 5.41) is 4.39. The minimum Gasteiger partial charge on any atom is -0.466 e. The Morgan fingerprint density at radius 1 is 1.28 bits per heavy atom. The smallest absolute Gasteiger partial charge is 0.329 e. The van der Waals surface area contributed by atoms with E-state index in [0.29, 0.717) is 29.1 Å². The number of urea groups is 1. The first kappa shape index (κ1) is 20.9. The SMILES string of the molecule is COc1nsc(NC(=O)N2C[C@H]3CC(N(C)c4ncnc5c4ccn5C(C)C)C[C@H]3C2)n1. The average Bonchev–Trinajstić information content (AvgIpc) is 3.54. The van der Waals surface area contributed by atoms with Gasteiger partial charge in [0.15, 0.2) is 0 Å². The van der Waals surface area contributed by atoms with Gasteiger partial charge in [-0.25, -0.2) is 14.8 Å². The van der Waals surface area contributed by atoms with Crippen LogP contribution in [0.2, 0.25) is 0 Å². The van der Waals surface area contributed by atoms with Crippen molar-refractivity contribution in [1.82, 2.24) is 28.8 Å². The summed E-state index contributed by atoms with van der Waals surface area (Å²) in [6.45, 7) is 5.85. The van der Waals surface area contributed by atoms with Crippen molar-refractivity contribution >= 4 is 39.5 Å². The predicted octanol–water partition coefficient (Wildman–Crippen LogP) is 3.25. The van der Waals surface area contributed by atoms with Crippen LogP contribution in [-0.4, -0.2) is 68.1 Å². The third kappa shape index (κ3) is 3.64. The van der Waals surface area contributed by atoms with Crippen LogP contribution in [0, 0.1) is 11.8 Å². The van der Waals surface area contributed by atoms with Gasteiger partial charge in [0.2, 0.25) is 5.13 Å². The highest BCUT2D eigenvalue weighted by Crippen LogP contribution is 2.41. The molecule has 0 aromatic carbocycles. The highest BCUT2D eigenvalue weighted by atomic mass is 32.1. The molecule has 0 radical (unpaired) electrons. The van der Waals surface area contributed by atoms with E-state index < -0.39 is 0 Å². The molecule has 32 heavy (non-hydrogen) atoms. The normalized spacial score (nSPS) is 22.5. The molecule has 2 fully saturated rings. The van der Waals surface area contributed by atoms with E-state index in [1.807, 2.05) is 4.90 Å². The van der Waals surface area contributed by atoms with Crippen molar-refractivity contribution in [2.24, 2.45) is 11.8 Å². The zero-order valence-corrected chi connectivity index (χ0v) is 19.5. The molecular weight excluding hydrogens is 428 g/mol. The molecule has 0 bridgehead atoms. The van der Waals surface area contributed by atoms with Gasteiger partial charge in [0.25, 0.3) is 0 Å². The fourth-order valence-electron chi connectivity index (χ4n) is 5.09. The molecule has 1 aliphatic carbocycles. The van der Waals surface area contributed by atoms with Crippen molar-refractivity contribution in [2.45, 2.75) is 38.8 Å². The van der Waals surface area contributed by atoms with Crippen molar-refractivity contribution in [1.29, 1.82) is 0 Å². The lowest BCUT2D eigenvalue weighted by Crippen LogP contribution is -2.36. The maximum absolute atomic E-state index is 12.7. The molecule has 2 aliphatic rings. The second kappa shape index (κ2) is 8.19. The molecule has 1 unspecified atom stereocenters. The molecular formula is C21H28N8O2S. The Kier molecular flexibility index (Phi) is 5.36. The Bertz CT molecular complexity index is 1110. The summed E-state index contributed by atoms with van der Waals surface area (Å²) >= 11 is 1.12. The van der Waals surface area contributed by atoms with E-state index in [4.69, 9.17) is 4.74 Å². The van der Waals surface area contributed by atoms with Crippen molar-refractivity contribution in [3.05, 3.63) is 18.6 Å². The number of aromatic nitrogens is 5. The number of rotatable bonds is 5. The molecule has 11 heteroatoms. The lowest BCUT2D eigenvalue weighted by Gasteiger charge is -2.28. The van der Waals surface area contributed by atoms with Crippen LogP contribution in [0.15, 0.2) is 18.6 Å². The molecule has 5 rings (SSSR count). The summed E-state index contributed by atoms with van der Waals surface area (Å²) < 4.78 is 11.2. The number of nitrogens with one attached hydrogen (secondary N) is 1. The summed E-state index contributed by atoms with van der Waals surface area (Å²) in [6, 6.07) is 3.03. The molecule has 4 heterocycles. The zero-order chi connectivity index (χ0) is 22.4. The van der Waals surface area contributed by atoms with Crippen molar-refractivity contribution in [3.63, 3.8) is 0 Å². The van der Waals surface area contributed by atoms with E-state index in [0.717, 1.165) is 54.3 Å². The number of likely N-dealkylation sites (tertiary alicyclic amines) is 1. The van der Waals surface area contributed by atoms with Gasteiger partial charge in [0.05, 0.1) is 12.5 Å². The highest BCUT2D eigenvalue weighted by Gasteiger charge is 2.44. The molecule has 1 saturated carbocycles. The monoisotopic (exact) mass is 456 g/mol. The number of amides is 2. The van der Waals surface area contributed by atoms with E-state index in [-0.39, 0.29) is 12.0 Å². The topological polar surface area (TPSA) is 101 Å². The molecule has 1 N–H and O–H groups in total. The first-order valence-corrected chi connectivity index (χ1v) is 11.7. The van der Waals surface area contributed by atoms with Crippen LogP contribution in [0.5, 0.6) is 6.01 Å².